The van der Waals surface area contributed by atoms with Crippen LogP contribution in [0, 0.1) is 32.5 Å². The van der Waals surface area contributed by atoms with E-state index in [4.69, 9.17) is 4.42 Å². The van der Waals surface area contributed by atoms with Crippen LogP contribution in [0.25, 0.3) is 0 Å². The molecular formula is C21H25FN2O3. The molecule has 0 spiro atoms. The summed E-state index contributed by atoms with van der Waals surface area (Å²) in [5.41, 5.74) is 1.75. The molecule has 144 valence electrons. The van der Waals surface area contributed by atoms with Crippen LogP contribution >= 0.6 is 0 Å². The summed E-state index contributed by atoms with van der Waals surface area (Å²) < 4.78 is 19.6. The highest BCUT2D eigenvalue weighted by Crippen LogP contribution is 2.27. The molecule has 1 heterocycles. The average Bonchev–Trinajstić information content (AvgIpc) is 2.90. The molecule has 0 atom stereocenters. The first-order valence-electron chi connectivity index (χ1n) is 9.35. The van der Waals surface area contributed by atoms with Gasteiger partial charge in [-0.15, -0.1) is 0 Å². The fourth-order valence-corrected chi connectivity index (χ4v) is 3.62. The molecule has 1 aliphatic rings. The highest BCUT2D eigenvalue weighted by atomic mass is 19.1. The van der Waals surface area contributed by atoms with Crippen molar-refractivity contribution in [3.05, 3.63) is 46.7 Å². The van der Waals surface area contributed by atoms with Gasteiger partial charge >= 0.3 is 0 Å². The van der Waals surface area contributed by atoms with Crippen LogP contribution in [0.5, 0.6) is 0 Å². The summed E-state index contributed by atoms with van der Waals surface area (Å²) in [5.74, 6) is 0.152. The molecule has 27 heavy (non-hydrogen) atoms. The maximum Gasteiger partial charge on any atom is 0.259 e. The van der Waals surface area contributed by atoms with Crippen molar-refractivity contribution in [3.63, 3.8) is 0 Å². The van der Waals surface area contributed by atoms with Gasteiger partial charge in [-0.3, -0.25) is 9.59 Å². The Morgan fingerprint density at radius 1 is 1.04 bits per heavy atom. The highest BCUT2D eigenvalue weighted by molar-refractivity contribution is 6.06. The van der Waals surface area contributed by atoms with Crippen LogP contribution in [0.3, 0.4) is 0 Å². The van der Waals surface area contributed by atoms with Crippen molar-refractivity contribution < 1.29 is 18.4 Å². The van der Waals surface area contributed by atoms with E-state index in [-0.39, 0.29) is 23.4 Å². The Morgan fingerprint density at radius 3 is 2.37 bits per heavy atom. The number of amides is 2. The van der Waals surface area contributed by atoms with E-state index < -0.39 is 5.82 Å². The first-order valence-corrected chi connectivity index (χ1v) is 9.35. The van der Waals surface area contributed by atoms with Gasteiger partial charge in [-0.1, -0.05) is 19.3 Å². The summed E-state index contributed by atoms with van der Waals surface area (Å²) in [6.45, 7) is 5.35. The minimum Gasteiger partial charge on any atom is -0.466 e. The van der Waals surface area contributed by atoms with Crippen molar-refractivity contribution >= 4 is 23.2 Å². The molecule has 2 amide bonds. The van der Waals surface area contributed by atoms with Gasteiger partial charge in [-0.05, 0) is 51.8 Å². The van der Waals surface area contributed by atoms with Gasteiger partial charge in [0.05, 0.1) is 11.3 Å². The molecule has 0 bridgehead atoms. The fourth-order valence-electron chi connectivity index (χ4n) is 3.62. The summed E-state index contributed by atoms with van der Waals surface area (Å²) in [4.78, 5) is 25.0. The average molecular weight is 372 g/mol. The van der Waals surface area contributed by atoms with Crippen molar-refractivity contribution in [1.29, 1.82) is 0 Å². The lowest BCUT2D eigenvalue weighted by Gasteiger charge is -2.21. The second-order valence-corrected chi connectivity index (χ2v) is 7.19. The Balaban J connectivity index is 1.74. The van der Waals surface area contributed by atoms with E-state index >= 15 is 0 Å². The number of furan rings is 1. The first kappa shape index (κ1) is 19.1. The van der Waals surface area contributed by atoms with E-state index in [2.05, 4.69) is 10.6 Å². The Labute approximate surface area is 158 Å². The number of carbonyl (C=O) groups excluding carboxylic acids is 2. The van der Waals surface area contributed by atoms with Gasteiger partial charge < -0.3 is 15.1 Å². The largest absolute Gasteiger partial charge is 0.466 e. The molecule has 0 saturated heterocycles. The number of halogens is 1. The second kappa shape index (κ2) is 7.94. The van der Waals surface area contributed by atoms with Crippen molar-refractivity contribution in [3.8, 4) is 0 Å². The lowest BCUT2D eigenvalue weighted by Crippen LogP contribution is -2.25. The van der Waals surface area contributed by atoms with Crippen LogP contribution in [0.4, 0.5) is 15.8 Å². The van der Waals surface area contributed by atoms with Crippen LogP contribution < -0.4 is 10.6 Å². The van der Waals surface area contributed by atoms with E-state index in [0.29, 0.717) is 22.8 Å². The summed E-state index contributed by atoms with van der Waals surface area (Å²) >= 11 is 0. The summed E-state index contributed by atoms with van der Waals surface area (Å²) in [7, 11) is 0. The first-order chi connectivity index (χ1) is 12.9. The SMILES string of the molecule is Cc1oc(C)c(C(=O)Nc2ccc(F)c(NC(=O)C3CCCCC3)c2)c1C. The molecule has 1 saturated carbocycles. The predicted molar refractivity (Wildman–Crippen MR) is 102 cm³/mol. The van der Waals surface area contributed by atoms with E-state index in [1.807, 2.05) is 6.92 Å². The zero-order chi connectivity index (χ0) is 19.6. The van der Waals surface area contributed by atoms with Gasteiger partial charge in [-0.25, -0.2) is 4.39 Å². The fraction of sp³-hybridized carbons (Fsp3) is 0.429. The second-order valence-electron chi connectivity index (χ2n) is 7.19. The molecule has 2 aromatic rings. The minimum atomic E-state index is -0.524. The molecule has 3 rings (SSSR count). The number of anilines is 2. The highest BCUT2D eigenvalue weighted by Gasteiger charge is 2.23. The van der Waals surface area contributed by atoms with Crippen LogP contribution in [-0.4, -0.2) is 11.8 Å². The quantitative estimate of drug-likeness (QED) is 0.783. The van der Waals surface area contributed by atoms with Gasteiger partial charge in [0.1, 0.15) is 17.3 Å². The lowest BCUT2D eigenvalue weighted by atomic mass is 9.88. The predicted octanol–water partition coefficient (Wildman–Crippen LogP) is 5.12. The third-order valence-corrected chi connectivity index (χ3v) is 5.25. The van der Waals surface area contributed by atoms with E-state index in [1.54, 1.807) is 13.8 Å². The molecule has 5 nitrogen and oxygen atoms in total. The molecule has 2 N–H and O–H groups in total. The van der Waals surface area contributed by atoms with Crippen LogP contribution in [0.2, 0.25) is 0 Å². The molecule has 0 unspecified atom stereocenters. The van der Waals surface area contributed by atoms with E-state index in [0.717, 1.165) is 37.7 Å². The number of nitrogens with one attached hydrogen (secondary N) is 2. The molecule has 1 aromatic carbocycles. The molecule has 0 radical (unpaired) electrons. The third-order valence-electron chi connectivity index (χ3n) is 5.25. The maximum atomic E-state index is 14.1. The van der Waals surface area contributed by atoms with Gasteiger partial charge in [0, 0.05) is 17.2 Å². The molecular weight excluding hydrogens is 347 g/mol. The van der Waals surface area contributed by atoms with E-state index in [9.17, 15) is 14.0 Å². The zero-order valence-corrected chi connectivity index (χ0v) is 15.9. The molecule has 1 aromatic heterocycles. The molecule has 1 aliphatic carbocycles. The van der Waals surface area contributed by atoms with Crippen molar-refractivity contribution in [1.82, 2.24) is 0 Å². The summed E-state index contributed by atoms with van der Waals surface area (Å²) in [5, 5.41) is 5.43. The monoisotopic (exact) mass is 372 g/mol. The lowest BCUT2D eigenvalue weighted by molar-refractivity contribution is -0.120. The van der Waals surface area contributed by atoms with Crippen molar-refractivity contribution in [2.75, 3.05) is 10.6 Å². The number of hydrogen-bond acceptors (Lipinski definition) is 3. The van der Waals surface area contributed by atoms with Gasteiger partial charge in [0.25, 0.3) is 5.91 Å². The third kappa shape index (κ3) is 4.21. The standard InChI is InChI=1S/C21H25FN2O3/c1-12-13(2)27-14(3)19(12)21(26)23-16-9-10-17(22)18(11-16)24-20(25)15-7-5-4-6-8-15/h9-11,15H,4-8H2,1-3H3,(H,23,26)(H,24,25). The zero-order valence-electron chi connectivity index (χ0n) is 15.9. The Kier molecular flexibility index (Phi) is 5.63. The Bertz CT molecular complexity index is 867. The summed E-state index contributed by atoms with van der Waals surface area (Å²) in [6.07, 6.45) is 4.87. The van der Waals surface area contributed by atoms with Gasteiger partial charge in [0.15, 0.2) is 0 Å². The molecule has 6 heteroatoms. The van der Waals surface area contributed by atoms with Crippen molar-refractivity contribution in [2.45, 2.75) is 52.9 Å². The van der Waals surface area contributed by atoms with Crippen molar-refractivity contribution in [2.24, 2.45) is 5.92 Å². The topological polar surface area (TPSA) is 71.3 Å². The number of rotatable bonds is 4. The molecule has 1 fully saturated rings. The van der Waals surface area contributed by atoms with Gasteiger partial charge in [0.2, 0.25) is 5.91 Å². The maximum absolute atomic E-state index is 14.1. The summed E-state index contributed by atoms with van der Waals surface area (Å²) in [6, 6.07) is 4.17. The van der Waals surface area contributed by atoms with Crippen LogP contribution in [0.1, 0.15) is 59.5 Å². The number of aryl methyl sites for hydroxylation is 2. The Hall–Kier alpha value is -2.63. The smallest absolute Gasteiger partial charge is 0.259 e. The van der Waals surface area contributed by atoms with Gasteiger partial charge in [-0.2, -0.15) is 0 Å². The van der Waals surface area contributed by atoms with E-state index in [1.165, 1.54) is 18.2 Å². The van der Waals surface area contributed by atoms with Crippen LogP contribution in [0.15, 0.2) is 22.6 Å². The normalized spacial score (nSPS) is 14.8. The number of benzene rings is 1. The Morgan fingerprint density at radius 2 is 1.74 bits per heavy atom. The number of carbonyl (C=O) groups is 2. The minimum absolute atomic E-state index is 0.0735. The van der Waals surface area contributed by atoms with Crippen LogP contribution in [-0.2, 0) is 4.79 Å². The molecule has 0 aliphatic heterocycles. The number of hydrogen-bond donors (Lipinski definition) is 2.